The summed E-state index contributed by atoms with van der Waals surface area (Å²) < 4.78 is 38.1. The molecule has 1 aliphatic carbocycles. The number of hydrogen-bond acceptors (Lipinski definition) is 4. The van der Waals surface area contributed by atoms with E-state index in [9.17, 15) is 8.42 Å². The lowest BCUT2D eigenvalue weighted by atomic mass is 9.87. The van der Waals surface area contributed by atoms with Crippen LogP contribution in [0.15, 0.2) is 17.0 Å². The molecular formula is C15H21Cl2NO4S. The number of rotatable bonds is 7. The highest BCUT2D eigenvalue weighted by molar-refractivity contribution is 7.89. The predicted octanol–water partition coefficient (Wildman–Crippen LogP) is 3.49. The van der Waals surface area contributed by atoms with E-state index in [4.69, 9.17) is 32.7 Å². The molecule has 0 amide bonds. The van der Waals surface area contributed by atoms with Crippen molar-refractivity contribution in [3.8, 4) is 5.75 Å². The third-order valence-electron chi connectivity index (χ3n) is 4.25. The van der Waals surface area contributed by atoms with Crippen molar-refractivity contribution in [1.29, 1.82) is 0 Å². The Morgan fingerprint density at radius 3 is 2.39 bits per heavy atom. The maximum absolute atomic E-state index is 12.6. The molecule has 1 aromatic carbocycles. The minimum Gasteiger partial charge on any atom is -0.495 e. The summed E-state index contributed by atoms with van der Waals surface area (Å²) in [7, 11) is -0.683. The molecule has 8 heteroatoms. The quantitative estimate of drug-likeness (QED) is 0.784. The summed E-state index contributed by atoms with van der Waals surface area (Å²) in [4.78, 5) is -0.0458. The first-order valence-corrected chi connectivity index (χ1v) is 9.59. The SMILES string of the molecule is COCC1(CNS(=O)(=O)c2cc(Cl)c(OC)cc2Cl)CCCC1. The fourth-order valence-corrected chi connectivity index (χ4v) is 5.01. The molecule has 0 unspecified atom stereocenters. The van der Waals surface area contributed by atoms with E-state index in [1.807, 2.05) is 0 Å². The zero-order valence-electron chi connectivity index (χ0n) is 13.2. The summed E-state index contributed by atoms with van der Waals surface area (Å²) in [5, 5.41) is 0.274. The zero-order valence-corrected chi connectivity index (χ0v) is 15.5. The van der Waals surface area contributed by atoms with Gasteiger partial charge in [-0.25, -0.2) is 13.1 Å². The zero-order chi connectivity index (χ0) is 17.1. The van der Waals surface area contributed by atoms with Crippen LogP contribution >= 0.6 is 23.2 Å². The molecule has 0 saturated heterocycles. The fraction of sp³-hybridized carbons (Fsp3) is 0.600. The van der Waals surface area contributed by atoms with Gasteiger partial charge < -0.3 is 9.47 Å². The van der Waals surface area contributed by atoms with Crippen molar-refractivity contribution in [2.75, 3.05) is 27.4 Å². The van der Waals surface area contributed by atoms with Gasteiger partial charge in [0, 0.05) is 25.1 Å². The maximum atomic E-state index is 12.6. The molecule has 5 nitrogen and oxygen atoms in total. The van der Waals surface area contributed by atoms with Crippen LogP contribution in [-0.2, 0) is 14.8 Å². The monoisotopic (exact) mass is 381 g/mol. The van der Waals surface area contributed by atoms with E-state index in [1.165, 1.54) is 19.2 Å². The maximum Gasteiger partial charge on any atom is 0.242 e. The second-order valence-electron chi connectivity index (χ2n) is 5.88. The molecular weight excluding hydrogens is 361 g/mol. The van der Waals surface area contributed by atoms with Crippen LogP contribution in [0.2, 0.25) is 10.0 Å². The Balaban J connectivity index is 2.20. The highest BCUT2D eigenvalue weighted by atomic mass is 35.5. The van der Waals surface area contributed by atoms with E-state index in [0.29, 0.717) is 18.9 Å². The Morgan fingerprint density at radius 1 is 1.17 bits per heavy atom. The second kappa shape index (κ2) is 7.57. The number of halogens is 2. The molecule has 1 N–H and O–H groups in total. The topological polar surface area (TPSA) is 64.6 Å². The molecule has 0 bridgehead atoms. The Hall–Kier alpha value is -0.530. The molecule has 0 heterocycles. The third-order valence-corrected chi connectivity index (χ3v) is 6.41. The molecule has 130 valence electrons. The van der Waals surface area contributed by atoms with E-state index < -0.39 is 10.0 Å². The van der Waals surface area contributed by atoms with Crippen LogP contribution < -0.4 is 9.46 Å². The van der Waals surface area contributed by atoms with Crippen molar-refractivity contribution in [2.45, 2.75) is 30.6 Å². The number of sulfonamides is 1. The molecule has 1 aliphatic rings. The first-order valence-electron chi connectivity index (χ1n) is 7.35. The smallest absolute Gasteiger partial charge is 0.242 e. The van der Waals surface area contributed by atoms with E-state index in [-0.39, 0.29) is 20.4 Å². The van der Waals surface area contributed by atoms with Gasteiger partial charge in [0.15, 0.2) is 0 Å². The predicted molar refractivity (Wildman–Crippen MR) is 91.0 cm³/mol. The molecule has 2 rings (SSSR count). The Bertz CT molecular complexity index is 658. The lowest BCUT2D eigenvalue weighted by Crippen LogP contribution is -2.38. The second-order valence-corrected chi connectivity index (χ2v) is 8.43. The van der Waals surface area contributed by atoms with Gasteiger partial charge in [-0.3, -0.25) is 0 Å². The number of hydrogen-bond donors (Lipinski definition) is 1. The Kier molecular flexibility index (Phi) is 6.19. The summed E-state index contributed by atoms with van der Waals surface area (Å²) in [6.45, 7) is 0.857. The van der Waals surface area contributed by atoms with Gasteiger partial charge in [0.25, 0.3) is 0 Å². The average molecular weight is 382 g/mol. The minimum atomic E-state index is -3.76. The minimum absolute atomic E-state index is 0.0458. The number of benzene rings is 1. The summed E-state index contributed by atoms with van der Waals surface area (Å²) in [5.74, 6) is 0.335. The summed E-state index contributed by atoms with van der Waals surface area (Å²) in [5.41, 5.74) is -0.148. The molecule has 0 atom stereocenters. The number of methoxy groups -OCH3 is 2. The summed E-state index contributed by atoms with van der Waals surface area (Å²) in [6.07, 6.45) is 4.06. The number of nitrogens with one attached hydrogen (secondary N) is 1. The van der Waals surface area contributed by atoms with Crippen LogP contribution in [-0.4, -0.2) is 35.8 Å². The van der Waals surface area contributed by atoms with Crippen molar-refractivity contribution in [3.05, 3.63) is 22.2 Å². The fourth-order valence-electron chi connectivity index (χ4n) is 3.00. The van der Waals surface area contributed by atoms with Crippen LogP contribution in [0.4, 0.5) is 0 Å². The molecule has 1 fully saturated rings. The van der Waals surface area contributed by atoms with Crippen molar-refractivity contribution in [3.63, 3.8) is 0 Å². The van der Waals surface area contributed by atoms with Gasteiger partial charge in [0.1, 0.15) is 10.6 Å². The van der Waals surface area contributed by atoms with E-state index in [1.54, 1.807) is 7.11 Å². The van der Waals surface area contributed by atoms with Gasteiger partial charge in [-0.2, -0.15) is 0 Å². The lowest BCUT2D eigenvalue weighted by Gasteiger charge is -2.28. The van der Waals surface area contributed by atoms with E-state index in [0.717, 1.165) is 25.7 Å². The third kappa shape index (κ3) is 4.31. The van der Waals surface area contributed by atoms with Gasteiger partial charge in [-0.1, -0.05) is 36.0 Å². The lowest BCUT2D eigenvalue weighted by molar-refractivity contribution is 0.0867. The van der Waals surface area contributed by atoms with Gasteiger partial charge in [0.2, 0.25) is 10.0 Å². The molecule has 0 spiro atoms. The molecule has 1 aromatic rings. The normalized spacial score (nSPS) is 17.4. The van der Waals surface area contributed by atoms with Gasteiger partial charge >= 0.3 is 0 Å². The average Bonchev–Trinajstić information content (AvgIpc) is 2.96. The van der Waals surface area contributed by atoms with Crippen molar-refractivity contribution in [1.82, 2.24) is 4.72 Å². The van der Waals surface area contributed by atoms with Crippen LogP contribution in [0, 0.1) is 5.41 Å². The van der Waals surface area contributed by atoms with Gasteiger partial charge in [0.05, 0.1) is 23.8 Å². The molecule has 23 heavy (non-hydrogen) atoms. The first-order chi connectivity index (χ1) is 10.8. The van der Waals surface area contributed by atoms with Crippen molar-refractivity contribution >= 4 is 33.2 Å². The molecule has 0 aromatic heterocycles. The Labute approximate surface area is 147 Å². The first kappa shape index (κ1) is 18.8. The van der Waals surface area contributed by atoms with Crippen molar-refractivity contribution in [2.24, 2.45) is 5.41 Å². The van der Waals surface area contributed by atoms with Crippen molar-refractivity contribution < 1.29 is 17.9 Å². The summed E-state index contributed by atoms with van der Waals surface area (Å²) >= 11 is 12.1. The van der Waals surface area contributed by atoms with E-state index >= 15 is 0 Å². The Morgan fingerprint density at radius 2 is 1.83 bits per heavy atom. The van der Waals surface area contributed by atoms with E-state index in [2.05, 4.69) is 4.72 Å². The highest BCUT2D eigenvalue weighted by Gasteiger charge is 2.35. The largest absolute Gasteiger partial charge is 0.495 e. The molecule has 0 aliphatic heterocycles. The molecule has 1 saturated carbocycles. The number of ether oxygens (including phenoxy) is 2. The van der Waals surface area contributed by atoms with Crippen LogP contribution in [0.5, 0.6) is 5.75 Å². The standard InChI is InChI=1S/C15H21Cl2NO4S/c1-21-10-15(5-3-4-6-15)9-18-23(19,20)14-8-11(16)13(22-2)7-12(14)17/h7-8,18H,3-6,9-10H2,1-2H3. The van der Waals surface area contributed by atoms with Crippen LogP contribution in [0.25, 0.3) is 0 Å². The highest BCUT2D eigenvalue weighted by Crippen LogP contribution is 2.38. The van der Waals surface area contributed by atoms with Crippen LogP contribution in [0.1, 0.15) is 25.7 Å². The molecule has 0 radical (unpaired) electrons. The van der Waals surface area contributed by atoms with Gasteiger partial charge in [-0.15, -0.1) is 0 Å². The summed E-state index contributed by atoms with van der Waals surface area (Å²) in [6, 6.07) is 2.71. The van der Waals surface area contributed by atoms with Crippen LogP contribution in [0.3, 0.4) is 0 Å². The van der Waals surface area contributed by atoms with Gasteiger partial charge in [-0.05, 0) is 18.9 Å².